The largest absolute Gasteiger partial charge is 0.411 e. The third kappa shape index (κ3) is 3.61. The molecule has 0 saturated heterocycles. The molecule has 25 heavy (non-hydrogen) atoms. The van der Waals surface area contributed by atoms with E-state index in [1.165, 1.54) is 32.4 Å². The summed E-state index contributed by atoms with van der Waals surface area (Å²) in [5, 5.41) is 23.6. The monoisotopic (exact) mass is 405 g/mol. The Balaban J connectivity index is 2.73. The number of hydrogen-bond donors (Lipinski definition) is 2. The predicted molar refractivity (Wildman–Crippen MR) is 94.4 cm³/mol. The number of benzene rings is 1. The van der Waals surface area contributed by atoms with Crippen LogP contribution in [-0.2, 0) is 10.2 Å². The number of halogens is 2. The Bertz CT molecular complexity index is 954. The maximum atomic E-state index is 12.4. The van der Waals surface area contributed by atoms with Crippen LogP contribution in [0, 0.1) is 0 Å². The van der Waals surface area contributed by atoms with Crippen LogP contribution in [-0.4, -0.2) is 58.6 Å². The van der Waals surface area contributed by atoms with Crippen molar-refractivity contribution in [2.24, 2.45) is 10.3 Å². The summed E-state index contributed by atoms with van der Waals surface area (Å²) in [5.74, 6) is -0.130. The van der Waals surface area contributed by atoms with E-state index in [1.807, 2.05) is 0 Å². The van der Waals surface area contributed by atoms with Crippen LogP contribution in [0.2, 0.25) is 10.0 Å². The summed E-state index contributed by atoms with van der Waals surface area (Å²) in [5.41, 5.74) is 0.779. The molecular weight excluding hydrogens is 393 g/mol. The molecule has 0 radical (unpaired) electrons. The molecule has 0 aliphatic heterocycles. The Morgan fingerprint density at radius 2 is 1.84 bits per heavy atom. The first kappa shape index (κ1) is 19.2. The summed E-state index contributed by atoms with van der Waals surface area (Å²) in [6.07, 6.45) is 3.16. The van der Waals surface area contributed by atoms with Gasteiger partial charge in [0.2, 0.25) is 0 Å². The van der Waals surface area contributed by atoms with Crippen LogP contribution in [0.5, 0.6) is 0 Å². The molecule has 0 bridgehead atoms. The topological polar surface area (TPSA) is 120 Å². The van der Waals surface area contributed by atoms with E-state index in [-0.39, 0.29) is 27.1 Å². The van der Waals surface area contributed by atoms with Crippen molar-refractivity contribution in [2.45, 2.75) is 0 Å². The molecule has 2 N–H and O–H groups in total. The molecule has 1 aromatic carbocycles. The molecule has 0 fully saturated rings. The van der Waals surface area contributed by atoms with Gasteiger partial charge in [-0.15, -0.1) is 0 Å². The number of rotatable bonds is 5. The van der Waals surface area contributed by atoms with Crippen molar-refractivity contribution in [3.63, 3.8) is 0 Å². The molecular formula is C13H13Cl2N5O4S. The zero-order valence-corrected chi connectivity index (χ0v) is 15.3. The van der Waals surface area contributed by atoms with Crippen molar-refractivity contribution < 1.29 is 18.8 Å². The quantitative estimate of drug-likeness (QED) is 0.448. The summed E-state index contributed by atoms with van der Waals surface area (Å²) in [6.45, 7) is 0. The normalized spacial score (nSPS) is 12.7. The van der Waals surface area contributed by atoms with Crippen molar-refractivity contribution in [1.29, 1.82) is 0 Å². The summed E-state index contributed by atoms with van der Waals surface area (Å²) >= 11 is 12.3. The summed E-state index contributed by atoms with van der Waals surface area (Å²) < 4.78 is 26.6. The molecule has 1 aromatic heterocycles. The van der Waals surface area contributed by atoms with Gasteiger partial charge in [-0.2, -0.15) is 12.7 Å². The van der Waals surface area contributed by atoms with E-state index in [9.17, 15) is 8.42 Å². The van der Waals surface area contributed by atoms with Crippen LogP contribution in [0.1, 0.15) is 11.4 Å². The van der Waals surface area contributed by atoms with Gasteiger partial charge in [-0.05, 0) is 12.1 Å². The van der Waals surface area contributed by atoms with Gasteiger partial charge in [0.05, 0.1) is 28.2 Å². The van der Waals surface area contributed by atoms with Crippen LogP contribution in [0.4, 0.5) is 0 Å². The van der Waals surface area contributed by atoms with E-state index in [0.29, 0.717) is 5.56 Å². The first-order chi connectivity index (χ1) is 11.7. The van der Waals surface area contributed by atoms with Crippen molar-refractivity contribution in [3.8, 4) is 11.3 Å². The zero-order chi connectivity index (χ0) is 18.8. The number of hydrogen-bond acceptors (Lipinski definition) is 7. The lowest BCUT2D eigenvalue weighted by molar-refractivity contribution is 0.321. The van der Waals surface area contributed by atoms with Gasteiger partial charge in [0.1, 0.15) is 6.21 Å². The molecule has 2 aromatic rings. The highest BCUT2D eigenvalue weighted by atomic mass is 35.5. The first-order valence-corrected chi connectivity index (χ1v) is 8.75. The fourth-order valence-corrected chi connectivity index (χ4v) is 3.42. The van der Waals surface area contributed by atoms with E-state index < -0.39 is 10.2 Å². The molecule has 0 unspecified atom stereocenters. The van der Waals surface area contributed by atoms with Crippen molar-refractivity contribution in [2.75, 3.05) is 14.1 Å². The highest BCUT2D eigenvalue weighted by molar-refractivity contribution is 7.87. The molecule has 12 heteroatoms. The average Bonchev–Trinajstić information content (AvgIpc) is 2.96. The van der Waals surface area contributed by atoms with E-state index in [0.717, 1.165) is 20.7 Å². The minimum atomic E-state index is -3.91. The SMILES string of the molecule is CN(C)S(=O)(=O)n1cc(-c2ccc(Cl)c(C=NO)c2Cl)nc1C=NO. The van der Waals surface area contributed by atoms with Crippen LogP contribution < -0.4 is 0 Å². The van der Waals surface area contributed by atoms with Gasteiger partial charge >= 0.3 is 10.2 Å². The van der Waals surface area contributed by atoms with Gasteiger partial charge in [-0.25, -0.2) is 8.96 Å². The van der Waals surface area contributed by atoms with Gasteiger partial charge in [-0.3, -0.25) is 0 Å². The second-order valence-corrected chi connectivity index (χ2v) is 7.69. The van der Waals surface area contributed by atoms with Crippen molar-refractivity contribution >= 4 is 45.8 Å². The fraction of sp³-hybridized carbons (Fsp3) is 0.154. The third-order valence-electron chi connectivity index (χ3n) is 3.17. The highest BCUT2D eigenvalue weighted by Crippen LogP contribution is 2.33. The number of oxime groups is 2. The number of nitrogens with zero attached hydrogens (tertiary/aromatic N) is 5. The van der Waals surface area contributed by atoms with Crippen LogP contribution in [0.3, 0.4) is 0 Å². The summed E-state index contributed by atoms with van der Waals surface area (Å²) in [6, 6.07) is 3.03. The van der Waals surface area contributed by atoms with Crippen LogP contribution in [0.25, 0.3) is 11.3 Å². The standard InChI is InChI=1S/C13H13Cl2N5O4S/c1-19(2)25(23,24)20-7-11(18-12(20)6-17-22)8-3-4-10(14)9(5-16-21)13(8)15/h3-7,21-22H,1-2H3. The summed E-state index contributed by atoms with van der Waals surface area (Å²) in [7, 11) is -1.21. The van der Waals surface area contributed by atoms with E-state index in [1.54, 1.807) is 0 Å². The molecule has 0 aliphatic carbocycles. The van der Waals surface area contributed by atoms with E-state index in [2.05, 4.69) is 15.3 Å². The Morgan fingerprint density at radius 3 is 2.40 bits per heavy atom. The Labute approximate surface area is 153 Å². The second-order valence-electron chi connectivity index (χ2n) is 4.88. The van der Waals surface area contributed by atoms with Gasteiger partial charge < -0.3 is 10.4 Å². The van der Waals surface area contributed by atoms with Crippen LogP contribution in [0.15, 0.2) is 28.6 Å². The van der Waals surface area contributed by atoms with E-state index >= 15 is 0 Å². The summed E-state index contributed by atoms with van der Waals surface area (Å²) in [4.78, 5) is 4.12. The molecule has 134 valence electrons. The second kappa shape index (κ2) is 7.40. The third-order valence-corrected chi connectivity index (χ3v) is 5.62. The molecule has 9 nitrogen and oxygen atoms in total. The number of aromatic nitrogens is 2. The first-order valence-electron chi connectivity index (χ1n) is 6.59. The zero-order valence-electron chi connectivity index (χ0n) is 13.0. The molecule has 0 aliphatic rings. The van der Waals surface area contributed by atoms with Crippen molar-refractivity contribution in [3.05, 3.63) is 39.8 Å². The van der Waals surface area contributed by atoms with Gasteiger partial charge in [-0.1, -0.05) is 33.5 Å². The van der Waals surface area contributed by atoms with Crippen molar-refractivity contribution in [1.82, 2.24) is 13.3 Å². The molecule has 2 rings (SSSR count). The molecule has 0 spiro atoms. The molecule has 0 atom stereocenters. The maximum absolute atomic E-state index is 12.4. The van der Waals surface area contributed by atoms with Gasteiger partial charge in [0.25, 0.3) is 0 Å². The predicted octanol–water partition coefficient (Wildman–Crippen LogP) is 2.13. The van der Waals surface area contributed by atoms with Gasteiger partial charge in [0, 0.05) is 25.2 Å². The lowest BCUT2D eigenvalue weighted by Gasteiger charge is -2.12. The average molecular weight is 406 g/mol. The van der Waals surface area contributed by atoms with E-state index in [4.69, 9.17) is 33.6 Å². The smallest absolute Gasteiger partial charge is 0.308 e. The highest BCUT2D eigenvalue weighted by Gasteiger charge is 2.23. The minimum absolute atomic E-state index is 0.115. The Hall–Kier alpha value is -2.14. The van der Waals surface area contributed by atoms with Crippen LogP contribution >= 0.6 is 23.2 Å². The Kier molecular flexibility index (Phi) is 5.68. The molecule has 0 saturated carbocycles. The lowest BCUT2D eigenvalue weighted by atomic mass is 10.1. The molecule has 1 heterocycles. The van der Waals surface area contributed by atoms with Gasteiger partial charge in [0.15, 0.2) is 5.82 Å². The maximum Gasteiger partial charge on any atom is 0.308 e. The minimum Gasteiger partial charge on any atom is -0.411 e. The fourth-order valence-electron chi connectivity index (χ4n) is 1.95. The number of imidazole rings is 1. The Morgan fingerprint density at radius 1 is 1.20 bits per heavy atom. The molecule has 0 amide bonds. The lowest BCUT2D eigenvalue weighted by Crippen LogP contribution is -2.29.